The van der Waals surface area contributed by atoms with E-state index in [1.807, 2.05) is 0 Å². The first-order chi connectivity index (χ1) is 7.97. The number of rotatable bonds is 2. The van der Waals surface area contributed by atoms with E-state index in [9.17, 15) is 13.2 Å². The van der Waals surface area contributed by atoms with Crippen LogP contribution < -0.4 is 15.4 Å². The Hall–Kier alpha value is -1.44. The molecule has 0 saturated carbocycles. The lowest BCUT2D eigenvalue weighted by Crippen LogP contribution is -2.34. The highest BCUT2D eigenvalue weighted by Crippen LogP contribution is 2.33. The fraction of sp³-hybridized carbons (Fsp3) is 0.300. The van der Waals surface area contributed by atoms with Gasteiger partial charge in [-0.25, -0.2) is 0 Å². The maximum Gasteiger partial charge on any atom is 0.573 e. The zero-order valence-corrected chi connectivity index (χ0v) is 10.9. The number of alkyl halides is 3. The van der Waals surface area contributed by atoms with Crippen molar-refractivity contribution < 1.29 is 17.9 Å². The van der Waals surface area contributed by atoms with Crippen molar-refractivity contribution in [3.05, 3.63) is 24.3 Å². The van der Waals surface area contributed by atoms with E-state index in [0.717, 1.165) is 0 Å². The van der Waals surface area contributed by atoms with Crippen LogP contribution in [0.4, 0.5) is 18.9 Å². The summed E-state index contributed by atoms with van der Waals surface area (Å²) < 4.78 is 40.6. The third kappa shape index (κ3) is 3.28. The predicted octanol–water partition coefficient (Wildman–Crippen LogP) is 2.30. The van der Waals surface area contributed by atoms with E-state index in [2.05, 4.69) is 9.73 Å². The topological polar surface area (TPSA) is 50.8 Å². The average Bonchev–Trinajstić information content (AvgIpc) is 2.63. The highest BCUT2D eigenvalue weighted by atomic mass is 79.9. The Morgan fingerprint density at radius 1 is 1.28 bits per heavy atom. The molecule has 1 aromatic rings. The maximum absolute atomic E-state index is 12.2. The van der Waals surface area contributed by atoms with Crippen LogP contribution >= 0.6 is 17.0 Å². The second-order valence-corrected chi connectivity index (χ2v) is 3.41. The molecule has 0 aromatic heterocycles. The molecule has 1 aromatic carbocycles. The molecule has 1 aliphatic heterocycles. The zero-order chi connectivity index (χ0) is 12.5. The first kappa shape index (κ1) is 14.6. The van der Waals surface area contributed by atoms with Gasteiger partial charge < -0.3 is 15.4 Å². The van der Waals surface area contributed by atoms with Gasteiger partial charge in [0.05, 0.1) is 12.2 Å². The number of hydrogen-bond donors (Lipinski definition) is 1. The smallest absolute Gasteiger partial charge is 0.404 e. The van der Waals surface area contributed by atoms with Gasteiger partial charge in [-0.2, -0.15) is 0 Å². The summed E-state index contributed by atoms with van der Waals surface area (Å²) in [6.45, 7) is 0.913. The number of anilines is 1. The van der Waals surface area contributed by atoms with Crippen molar-refractivity contribution in [3.63, 3.8) is 0 Å². The van der Waals surface area contributed by atoms with Crippen molar-refractivity contribution in [2.75, 3.05) is 18.0 Å². The molecule has 8 heteroatoms. The number of halogens is 4. The fourth-order valence-electron chi connectivity index (χ4n) is 1.60. The molecule has 0 amide bonds. The van der Waals surface area contributed by atoms with Gasteiger partial charge in [0, 0.05) is 6.54 Å². The molecule has 1 heterocycles. The van der Waals surface area contributed by atoms with Crippen molar-refractivity contribution in [2.45, 2.75) is 6.36 Å². The molecule has 100 valence electrons. The summed E-state index contributed by atoms with van der Waals surface area (Å²) in [5.74, 6) is -0.0803. The molecule has 0 radical (unpaired) electrons. The Bertz CT molecular complexity index is 450. The number of aliphatic imine (C=N–C) groups is 1. The van der Waals surface area contributed by atoms with Crippen LogP contribution in [-0.4, -0.2) is 25.4 Å². The molecule has 2 N–H and O–H groups in total. The van der Waals surface area contributed by atoms with Crippen LogP contribution in [0.15, 0.2) is 29.3 Å². The first-order valence-electron chi connectivity index (χ1n) is 4.89. The third-order valence-electron chi connectivity index (χ3n) is 2.26. The van der Waals surface area contributed by atoms with E-state index in [4.69, 9.17) is 5.73 Å². The highest BCUT2D eigenvalue weighted by molar-refractivity contribution is 8.93. The van der Waals surface area contributed by atoms with Crippen molar-refractivity contribution in [1.82, 2.24) is 0 Å². The quantitative estimate of drug-likeness (QED) is 0.907. The second-order valence-electron chi connectivity index (χ2n) is 3.41. The number of nitrogens with two attached hydrogens (primary N) is 1. The maximum atomic E-state index is 12.2. The summed E-state index contributed by atoms with van der Waals surface area (Å²) in [6.07, 6.45) is -4.72. The fourth-order valence-corrected chi connectivity index (χ4v) is 1.60. The minimum absolute atomic E-state index is 0. The van der Waals surface area contributed by atoms with Crippen LogP contribution in [0.2, 0.25) is 0 Å². The van der Waals surface area contributed by atoms with Crippen LogP contribution in [-0.2, 0) is 0 Å². The van der Waals surface area contributed by atoms with Crippen LogP contribution in [0.5, 0.6) is 5.75 Å². The summed E-state index contributed by atoms with van der Waals surface area (Å²) in [7, 11) is 0. The van der Waals surface area contributed by atoms with Crippen molar-refractivity contribution in [2.24, 2.45) is 10.7 Å². The Balaban J connectivity index is 0.00000162. The summed E-state index contributed by atoms with van der Waals surface area (Å²) in [5.41, 5.74) is 5.85. The molecule has 18 heavy (non-hydrogen) atoms. The van der Waals surface area contributed by atoms with E-state index in [0.29, 0.717) is 13.1 Å². The lowest BCUT2D eigenvalue weighted by atomic mass is 10.2. The van der Waals surface area contributed by atoms with Gasteiger partial charge in [0.2, 0.25) is 0 Å². The summed E-state index contributed by atoms with van der Waals surface area (Å²) in [5, 5.41) is 0. The van der Waals surface area contributed by atoms with E-state index in [-0.39, 0.29) is 34.4 Å². The number of guanidine groups is 1. The molecule has 0 aliphatic carbocycles. The van der Waals surface area contributed by atoms with E-state index >= 15 is 0 Å². The van der Waals surface area contributed by atoms with Gasteiger partial charge in [0.25, 0.3) is 0 Å². The second kappa shape index (κ2) is 5.47. The molecular formula is C10H11BrF3N3O. The van der Waals surface area contributed by atoms with Crippen LogP contribution in [0.25, 0.3) is 0 Å². The van der Waals surface area contributed by atoms with Crippen molar-refractivity contribution in [1.29, 1.82) is 0 Å². The summed E-state index contributed by atoms with van der Waals surface area (Å²) in [4.78, 5) is 5.40. The Morgan fingerprint density at radius 3 is 2.50 bits per heavy atom. The van der Waals surface area contributed by atoms with Gasteiger partial charge in [-0.05, 0) is 12.1 Å². The number of nitrogens with zero attached hydrogens (tertiary/aromatic N) is 2. The largest absolute Gasteiger partial charge is 0.573 e. The number of hydrogen-bond acceptors (Lipinski definition) is 4. The van der Waals surface area contributed by atoms with Gasteiger partial charge in [-0.15, -0.1) is 30.2 Å². The number of benzene rings is 1. The summed E-state index contributed by atoms with van der Waals surface area (Å²) in [6, 6.07) is 5.83. The lowest BCUT2D eigenvalue weighted by Gasteiger charge is -2.21. The molecular weight excluding hydrogens is 315 g/mol. The SMILES string of the molecule is Br.NC1=NCCN1c1ccccc1OC(F)(F)F. The van der Waals surface area contributed by atoms with Gasteiger partial charge >= 0.3 is 6.36 Å². The van der Waals surface area contributed by atoms with Gasteiger partial charge in [-0.3, -0.25) is 4.99 Å². The number of para-hydroxylation sites is 2. The summed E-state index contributed by atoms with van der Waals surface area (Å²) >= 11 is 0. The molecule has 4 nitrogen and oxygen atoms in total. The van der Waals surface area contributed by atoms with E-state index in [1.54, 1.807) is 6.07 Å². The van der Waals surface area contributed by atoms with Crippen LogP contribution in [0.3, 0.4) is 0 Å². The molecule has 0 unspecified atom stereocenters. The molecule has 0 saturated heterocycles. The molecule has 1 aliphatic rings. The molecule has 0 spiro atoms. The Morgan fingerprint density at radius 2 is 1.94 bits per heavy atom. The standard InChI is InChI=1S/C10H10F3N3O.BrH/c11-10(12,13)17-8-4-2-1-3-7(8)16-6-5-15-9(16)14;/h1-4H,5-6H2,(H2,14,15);1H. The van der Waals surface area contributed by atoms with Gasteiger partial charge in [0.15, 0.2) is 11.7 Å². The van der Waals surface area contributed by atoms with Gasteiger partial charge in [0.1, 0.15) is 0 Å². The molecule has 0 bridgehead atoms. The van der Waals surface area contributed by atoms with E-state index < -0.39 is 6.36 Å². The Labute approximate surface area is 112 Å². The number of ether oxygens (including phenoxy) is 1. The molecule has 0 fully saturated rings. The van der Waals surface area contributed by atoms with Crippen molar-refractivity contribution in [3.8, 4) is 5.75 Å². The van der Waals surface area contributed by atoms with Crippen LogP contribution in [0.1, 0.15) is 0 Å². The normalized spacial score (nSPS) is 15.1. The van der Waals surface area contributed by atoms with Gasteiger partial charge in [-0.1, -0.05) is 12.1 Å². The zero-order valence-electron chi connectivity index (χ0n) is 9.15. The molecule has 2 rings (SSSR count). The Kier molecular flexibility index (Phi) is 4.44. The van der Waals surface area contributed by atoms with Crippen molar-refractivity contribution >= 4 is 28.6 Å². The van der Waals surface area contributed by atoms with E-state index in [1.165, 1.54) is 23.1 Å². The van der Waals surface area contributed by atoms with Crippen LogP contribution in [0, 0.1) is 0 Å². The highest BCUT2D eigenvalue weighted by Gasteiger charge is 2.33. The average molecular weight is 326 g/mol. The monoisotopic (exact) mass is 325 g/mol. The minimum Gasteiger partial charge on any atom is -0.404 e. The lowest BCUT2D eigenvalue weighted by molar-refractivity contribution is -0.274. The third-order valence-corrected chi connectivity index (χ3v) is 2.26. The minimum atomic E-state index is -4.72. The first-order valence-corrected chi connectivity index (χ1v) is 4.89. The molecule has 0 atom stereocenters. The predicted molar refractivity (Wildman–Crippen MR) is 67.3 cm³/mol.